The molecule has 1 fully saturated rings. The van der Waals surface area contributed by atoms with Crippen molar-refractivity contribution < 1.29 is 14.7 Å². The first-order chi connectivity index (χ1) is 15.6. The maximum atomic E-state index is 13.1. The number of anilines is 1. The van der Waals surface area contributed by atoms with E-state index in [2.05, 4.69) is 10.2 Å². The van der Waals surface area contributed by atoms with E-state index in [0.717, 1.165) is 11.3 Å². The van der Waals surface area contributed by atoms with E-state index in [4.69, 9.17) is 0 Å². The van der Waals surface area contributed by atoms with E-state index < -0.39 is 6.04 Å². The van der Waals surface area contributed by atoms with Gasteiger partial charge in [0.1, 0.15) is 5.75 Å². The summed E-state index contributed by atoms with van der Waals surface area (Å²) in [4.78, 5) is 29.9. The number of carbonyl (C=O) groups excluding carboxylic acids is 2. The molecule has 1 saturated heterocycles. The zero-order valence-electron chi connectivity index (χ0n) is 17.9. The molecule has 1 unspecified atom stereocenters. The predicted molar refractivity (Wildman–Crippen MR) is 125 cm³/mol. The summed E-state index contributed by atoms with van der Waals surface area (Å²) in [6.45, 7) is 2.59. The minimum absolute atomic E-state index is 0.0165. The van der Waals surface area contributed by atoms with Crippen molar-refractivity contribution in [2.24, 2.45) is 0 Å². The Morgan fingerprint density at radius 1 is 0.844 bits per heavy atom. The van der Waals surface area contributed by atoms with Gasteiger partial charge in [-0.15, -0.1) is 0 Å². The Labute approximate surface area is 188 Å². The summed E-state index contributed by atoms with van der Waals surface area (Å²) in [5.74, 6) is 0.0598. The molecule has 3 aromatic rings. The zero-order chi connectivity index (χ0) is 22.3. The van der Waals surface area contributed by atoms with E-state index in [9.17, 15) is 14.7 Å². The minimum Gasteiger partial charge on any atom is -0.508 e. The lowest BCUT2D eigenvalue weighted by Gasteiger charge is -2.36. The number of carbonyl (C=O) groups is 2. The number of benzene rings is 3. The third-order valence-electron chi connectivity index (χ3n) is 5.75. The standard InChI is InChI=1S/C26H27N3O3/c30-23-13-7-12-22(18-23)28-14-16-29(17-15-28)25(31)19-24(20-8-3-1-4-9-20)27-26(32)21-10-5-2-6-11-21/h1-13,18,24,30H,14-17,19H2,(H,27,32). The molecule has 1 aliphatic rings. The van der Waals surface area contributed by atoms with Crippen molar-refractivity contribution in [3.63, 3.8) is 0 Å². The number of phenols is 1. The van der Waals surface area contributed by atoms with Crippen LogP contribution < -0.4 is 10.2 Å². The summed E-state index contributed by atoms with van der Waals surface area (Å²) >= 11 is 0. The van der Waals surface area contributed by atoms with Gasteiger partial charge in [-0.1, -0.05) is 54.6 Å². The molecule has 0 aliphatic carbocycles. The summed E-state index contributed by atoms with van der Waals surface area (Å²) in [6, 6.07) is 25.4. The molecule has 4 rings (SSSR count). The summed E-state index contributed by atoms with van der Waals surface area (Å²) < 4.78 is 0. The van der Waals surface area contributed by atoms with Crippen LogP contribution in [0.25, 0.3) is 0 Å². The van der Waals surface area contributed by atoms with Gasteiger partial charge in [0, 0.05) is 43.5 Å². The second kappa shape index (κ2) is 10.0. The molecule has 6 heteroatoms. The number of rotatable bonds is 6. The third-order valence-corrected chi connectivity index (χ3v) is 5.75. The molecule has 1 heterocycles. The minimum atomic E-state index is -0.402. The first kappa shape index (κ1) is 21.4. The second-order valence-corrected chi connectivity index (χ2v) is 7.89. The van der Waals surface area contributed by atoms with Gasteiger partial charge in [0.25, 0.3) is 5.91 Å². The van der Waals surface area contributed by atoms with Gasteiger partial charge in [0.15, 0.2) is 0 Å². The lowest BCUT2D eigenvalue weighted by molar-refractivity contribution is -0.132. The van der Waals surface area contributed by atoms with E-state index in [1.165, 1.54) is 0 Å². The molecule has 164 valence electrons. The Hall–Kier alpha value is -3.80. The smallest absolute Gasteiger partial charge is 0.251 e. The number of aromatic hydroxyl groups is 1. The fraction of sp³-hybridized carbons (Fsp3) is 0.231. The van der Waals surface area contributed by atoms with Gasteiger partial charge >= 0.3 is 0 Å². The van der Waals surface area contributed by atoms with Gasteiger partial charge in [-0.3, -0.25) is 9.59 Å². The second-order valence-electron chi connectivity index (χ2n) is 7.89. The predicted octanol–water partition coefficient (Wildman–Crippen LogP) is 3.60. The Bertz CT molecular complexity index is 1050. The van der Waals surface area contributed by atoms with Crippen LogP contribution in [0.2, 0.25) is 0 Å². The average Bonchev–Trinajstić information content (AvgIpc) is 2.84. The number of hydrogen-bond donors (Lipinski definition) is 2. The van der Waals surface area contributed by atoms with Gasteiger partial charge < -0.3 is 20.2 Å². The van der Waals surface area contributed by atoms with Crippen molar-refractivity contribution in [1.82, 2.24) is 10.2 Å². The maximum Gasteiger partial charge on any atom is 0.251 e. The molecule has 0 saturated carbocycles. The molecule has 0 spiro atoms. The van der Waals surface area contributed by atoms with E-state index in [0.29, 0.717) is 31.7 Å². The quantitative estimate of drug-likeness (QED) is 0.628. The molecule has 0 bridgehead atoms. The summed E-state index contributed by atoms with van der Waals surface area (Å²) in [5, 5.41) is 12.8. The zero-order valence-corrected chi connectivity index (χ0v) is 17.9. The first-order valence-electron chi connectivity index (χ1n) is 10.8. The molecule has 0 radical (unpaired) electrons. The molecule has 0 aromatic heterocycles. The van der Waals surface area contributed by atoms with Gasteiger partial charge in [-0.05, 0) is 29.8 Å². The van der Waals surface area contributed by atoms with Crippen LogP contribution in [0.3, 0.4) is 0 Å². The lowest BCUT2D eigenvalue weighted by atomic mass is 10.0. The van der Waals surface area contributed by atoms with E-state index in [-0.39, 0.29) is 24.0 Å². The maximum absolute atomic E-state index is 13.1. The van der Waals surface area contributed by atoms with Gasteiger partial charge in [-0.25, -0.2) is 0 Å². The van der Waals surface area contributed by atoms with Crippen LogP contribution in [0.1, 0.15) is 28.4 Å². The Balaban J connectivity index is 1.41. The molecular weight excluding hydrogens is 402 g/mol. The monoisotopic (exact) mass is 429 g/mol. The number of piperazine rings is 1. The Kier molecular flexibility index (Phi) is 6.70. The third kappa shape index (κ3) is 5.27. The molecule has 1 atom stereocenters. The highest BCUT2D eigenvalue weighted by Gasteiger charge is 2.25. The summed E-state index contributed by atoms with van der Waals surface area (Å²) in [6.07, 6.45) is 0.203. The number of hydrogen-bond acceptors (Lipinski definition) is 4. The SMILES string of the molecule is O=C(NC(CC(=O)N1CCN(c2cccc(O)c2)CC1)c1ccccc1)c1ccccc1. The first-order valence-corrected chi connectivity index (χ1v) is 10.8. The van der Waals surface area contributed by atoms with Crippen LogP contribution in [0.5, 0.6) is 5.75 Å². The molecule has 2 N–H and O–H groups in total. The Morgan fingerprint density at radius 3 is 2.16 bits per heavy atom. The average molecular weight is 430 g/mol. The van der Waals surface area contributed by atoms with Crippen molar-refractivity contribution in [2.75, 3.05) is 31.1 Å². The van der Waals surface area contributed by atoms with Crippen molar-refractivity contribution in [3.8, 4) is 5.75 Å². The highest BCUT2D eigenvalue weighted by atomic mass is 16.3. The molecule has 6 nitrogen and oxygen atoms in total. The molecule has 3 aromatic carbocycles. The highest BCUT2D eigenvalue weighted by Crippen LogP contribution is 2.23. The van der Waals surface area contributed by atoms with E-state index in [1.54, 1.807) is 24.3 Å². The normalized spacial score (nSPS) is 14.6. The number of nitrogens with zero attached hydrogens (tertiary/aromatic N) is 2. The van der Waals surface area contributed by atoms with Gasteiger partial charge in [0.05, 0.1) is 12.5 Å². The molecule has 1 aliphatic heterocycles. The van der Waals surface area contributed by atoms with Crippen LogP contribution in [0, 0.1) is 0 Å². The van der Waals surface area contributed by atoms with Crippen LogP contribution in [-0.2, 0) is 4.79 Å². The molecule has 2 amide bonds. The van der Waals surface area contributed by atoms with E-state index >= 15 is 0 Å². The van der Waals surface area contributed by atoms with Crippen LogP contribution in [0.15, 0.2) is 84.9 Å². The molecular formula is C26H27N3O3. The van der Waals surface area contributed by atoms with Gasteiger partial charge in [-0.2, -0.15) is 0 Å². The topological polar surface area (TPSA) is 72.9 Å². The van der Waals surface area contributed by atoms with Crippen LogP contribution in [0.4, 0.5) is 5.69 Å². The fourth-order valence-electron chi connectivity index (χ4n) is 3.98. The Morgan fingerprint density at radius 2 is 1.50 bits per heavy atom. The van der Waals surface area contributed by atoms with Crippen molar-refractivity contribution in [3.05, 3.63) is 96.1 Å². The number of phenolic OH excluding ortho intramolecular Hbond substituents is 1. The van der Waals surface area contributed by atoms with E-state index in [1.807, 2.05) is 65.6 Å². The summed E-state index contributed by atoms with van der Waals surface area (Å²) in [7, 11) is 0. The van der Waals surface area contributed by atoms with Crippen molar-refractivity contribution >= 4 is 17.5 Å². The molecule has 32 heavy (non-hydrogen) atoms. The summed E-state index contributed by atoms with van der Waals surface area (Å²) in [5.41, 5.74) is 2.43. The van der Waals surface area contributed by atoms with Crippen molar-refractivity contribution in [2.45, 2.75) is 12.5 Å². The van der Waals surface area contributed by atoms with Crippen LogP contribution >= 0.6 is 0 Å². The highest BCUT2D eigenvalue weighted by molar-refractivity contribution is 5.94. The lowest BCUT2D eigenvalue weighted by Crippen LogP contribution is -2.49. The van der Waals surface area contributed by atoms with Gasteiger partial charge in [0.2, 0.25) is 5.91 Å². The van der Waals surface area contributed by atoms with Crippen LogP contribution in [-0.4, -0.2) is 48.0 Å². The van der Waals surface area contributed by atoms with Crippen molar-refractivity contribution in [1.29, 1.82) is 0 Å². The number of nitrogens with one attached hydrogen (secondary N) is 1. The fourth-order valence-corrected chi connectivity index (χ4v) is 3.98. The number of amides is 2. The largest absolute Gasteiger partial charge is 0.508 e.